The average Bonchev–Trinajstić information content (AvgIpc) is 2.23. The van der Waals surface area contributed by atoms with Crippen LogP contribution in [0.5, 0.6) is 0 Å². The van der Waals surface area contributed by atoms with E-state index in [9.17, 15) is 4.79 Å². The molecule has 0 aromatic heterocycles. The van der Waals surface area contributed by atoms with Crippen molar-refractivity contribution < 1.29 is 9.53 Å². The summed E-state index contributed by atoms with van der Waals surface area (Å²) in [6.45, 7) is 6.26. The predicted molar refractivity (Wildman–Crippen MR) is 62.6 cm³/mol. The Morgan fingerprint density at radius 3 is 2.73 bits per heavy atom. The Balaban J connectivity index is 3.78. The van der Waals surface area contributed by atoms with E-state index >= 15 is 0 Å². The molecule has 0 rings (SSSR count). The Hall–Kier alpha value is -1.01. The lowest BCUT2D eigenvalue weighted by molar-refractivity contribution is -0.145. The molecule has 0 aromatic rings. The van der Waals surface area contributed by atoms with E-state index in [1.807, 2.05) is 19.9 Å². The summed E-state index contributed by atoms with van der Waals surface area (Å²) >= 11 is 0. The predicted octanol–water partition coefficient (Wildman–Crippen LogP) is 3.48. The van der Waals surface area contributed by atoms with Crippen molar-refractivity contribution >= 4 is 5.97 Å². The van der Waals surface area contributed by atoms with Gasteiger partial charge in [-0.3, -0.25) is 4.79 Å². The maximum absolute atomic E-state index is 11.2. The van der Waals surface area contributed by atoms with Gasteiger partial charge in [0, 0.05) is 0 Å². The van der Waals surface area contributed by atoms with Crippen LogP contribution in [0, 0.1) is 5.92 Å². The Labute approximate surface area is 93.0 Å². The fraction of sp³-hybridized carbons (Fsp3) is 0.692. The summed E-state index contributed by atoms with van der Waals surface area (Å²) in [5, 5.41) is 0. The summed E-state index contributed by atoms with van der Waals surface area (Å²) in [6.07, 6.45) is 8.49. The molecule has 1 atom stereocenters. The third kappa shape index (κ3) is 8.02. The van der Waals surface area contributed by atoms with Gasteiger partial charge in [0.2, 0.25) is 0 Å². The van der Waals surface area contributed by atoms with Crippen molar-refractivity contribution in [1.82, 2.24) is 0 Å². The van der Waals surface area contributed by atoms with Crippen LogP contribution in [0.15, 0.2) is 17.9 Å². The minimum absolute atomic E-state index is 0.174. The zero-order valence-corrected chi connectivity index (χ0v) is 10.1. The number of ether oxygens (including phenoxy) is 1. The van der Waals surface area contributed by atoms with Crippen LogP contribution in [-0.2, 0) is 9.53 Å². The van der Waals surface area contributed by atoms with Gasteiger partial charge < -0.3 is 4.74 Å². The van der Waals surface area contributed by atoms with E-state index in [2.05, 4.69) is 12.7 Å². The van der Waals surface area contributed by atoms with E-state index in [0.29, 0.717) is 6.61 Å². The molecule has 0 spiro atoms. The van der Waals surface area contributed by atoms with Gasteiger partial charge in [0.15, 0.2) is 0 Å². The Kier molecular flexibility index (Phi) is 8.90. The highest BCUT2D eigenvalue weighted by atomic mass is 16.5. The number of carbonyl (C=O) groups excluding carboxylic acids is 1. The quantitative estimate of drug-likeness (QED) is 0.365. The number of hydrogen-bond acceptors (Lipinski definition) is 2. The van der Waals surface area contributed by atoms with Crippen LogP contribution in [0.3, 0.4) is 0 Å². The van der Waals surface area contributed by atoms with Crippen LogP contribution in [0.2, 0.25) is 0 Å². The molecule has 0 radical (unpaired) electrons. The lowest BCUT2D eigenvalue weighted by Gasteiger charge is -2.03. The Morgan fingerprint density at radius 2 is 2.13 bits per heavy atom. The van der Waals surface area contributed by atoms with E-state index in [-0.39, 0.29) is 11.9 Å². The third-order valence-corrected chi connectivity index (χ3v) is 2.07. The molecule has 0 fully saturated rings. The molecule has 86 valence electrons. The normalized spacial score (nSPS) is 11.4. The molecule has 0 aliphatic carbocycles. The molecule has 15 heavy (non-hydrogen) atoms. The van der Waals surface area contributed by atoms with Gasteiger partial charge in [-0.2, -0.15) is 0 Å². The number of rotatable bonds is 7. The van der Waals surface area contributed by atoms with Gasteiger partial charge >= 0.3 is 5.97 Å². The number of carbonyl (C=O) groups is 1. The third-order valence-electron chi connectivity index (χ3n) is 2.07. The van der Waals surface area contributed by atoms with Crippen molar-refractivity contribution in [1.29, 1.82) is 0 Å². The zero-order valence-electron chi connectivity index (χ0n) is 10.1. The molecule has 0 heterocycles. The van der Waals surface area contributed by atoms with Crippen molar-refractivity contribution in [2.45, 2.75) is 46.5 Å². The number of unbranched alkanes of at least 4 members (excludes halogenated alkanes) is 3. The maximum atomic E-state index is 11.2. The summed E-state index contributed by atoms with van der Waals surface area (Å²) in [5.74, 6) is -0.362. The van der Waals surface area contributed by atoms with Gasteiger partial charge in [-0.25, -0.2) is 0 Å². The molecule has 2 heteroatoms. The standard InChI is InChI=1S/C13H22O2/c1-4-6-7-8-9-10-11-12(3)13(14)15-5-2/h9,11-12H,4-8H2,1-3H3/t10?,12-/m0/s1. The molecule has 0 bridgehead atoms. The fourth-order valence-electron chi connectivity index (χ4n) is 1.13. The molecular weight excluding hydrogens is 188 g/mol. The lowest BCUT2D eigenvalue weighted by Crippen LogP contribution is -2.11. The first-order chi connectivity index (χ1) is 7.22. The number of esters is 1. The van der Waals surface area contributed by atoms with Crippen molar-refractivity contribution in [3.8, 4) is 0 Å². The first-order valence-corrected chi connectivity index (χ1v) is 5.80. The van der Waals surface area contributed by atoms with Crippen molar-refractivity contribution in [2.24, 2.45) is 5.92 Å². The first-order valence-electron chi connectivity index (χ1n) is 5.80. The van der Waals surface area contributed by atoms with Crippen LogP contribution >= 0.6 is 0 Å². The molecule has 0 amide bonds. The molecular formula is C13H22O2. The highest BCUT2D eigenvalue weighted by molar-refractivity contribution is 5.73. The Morgan fingerprint density at radius 1 is 1.40 bits per heavy atom. The lowest BCUT2D eigenvalue weighted by atomic mass is 10.1. The van der Waals surface area contributed by atoms with Gasteiger partial charge in [-0.1, -0.05) is 19.8 Å². The van der Waals surface area contributed by atoms with E-state index in [1.165, 1.54) is 19.3 Å². The second kappa shape index (κ2) is 9.54. The van der Waals surface area contributed by atoms with Gasteiger partial charge in [-0.05, 0) is 38.8 Å². The Bertz CT molecular complexity index is 225. The second-order valence-corrected chi connectivity index (χ2v) is 3.57. The SMILES string of the molecule is CCCCCC=C=C[C@H](C)C(=O)OCC. The summed E-state index contributed by atoms with van der Waals surface area (Å²) in [5.41, 5.74) is 3.03. The molecule has 0 unspecified atom stereocenters. The summed E-state index contributed by atoms with van der Waals surface area (Å²) < 4.78 is 4.88. The molecule has 2 nitrogen and oxygen atoms in total. The van der Waals surface area contributed by atoms with Crippen LogP contribution in [0.1, 0.15) is 46.5 Å². The highest BCUT2D eigenvalue weighted by Crippen LogP contribution is 2.01. The minimum atomic E-state index is -0.188. The smallest absolute Gasteiger partial charge is 0.313 e. The van der Waals surface area contributed by atoms with Gasteiger partial charge in [0.05, 0.1) is 12.5 Å². The molecule has 0 saturated heterocycles. The zero-order chi connectivity index (χ0) is 11.5. The van der Waals surface area contributed by atoms with Gasteiger partial charge in [0.1, 0.15) is 0 Å². The van der Waals surface area contributed by atoms with Crippen LogP contribution in [-0.4, -0.2) is 12.6 Å². The van der Waals surface area contributed by atoms with Gasteiger partial charge in [-0.15, -0.1) is 5.73 Å². The summed E-state index contributed by atoms with van der Waals surface area (Å²) in [6, 6.07) is 0. The van der Waals surface area contributed by atoms with Crippen molar-refractivity contribution in [2.75, 3.05) is 6.61 Å². The summed E-state index contributed by atoms with van der Waals surface area (Å²) in [7, 11) is 0. The summed E-state index contributed by atoms with van der Waals surface area (Å²) in [4.78, 5) is 11.2. The largest absolute Gasteiger partial charge is 0.466 e. The monoisotopic (exact) mass is 210 g/mol. The van der Waals surface area contributed by atoms with E-state index in [4.69, 9.17) is 4.74 Å². The highest BCUT2D eigenvalue weighted by Gasteiger charge is 2.08. The van der Waals surface area contributed by atoms with Crippen molar-refractivity contribution in [3.63, 3.8) is 0 Å². The average molecular weight is 210 g/mol. The van der Waals surface area contributed by atoms with E-state index < -0.39 is 0 Å². The van der Waals surface area contributed by atoms with E-state index in [0.717, 1.165) is 6.42 Å². The van der Waals surface area contributed by atoms with Crippen LogP contribution < -0.4 is 0 Å². The molecule has 0 aromatic carbocycles. The topological polar surface area (TPSA) is 26.3 Å². The maximum Gasteiger partial charge on any atom is 0.313 e. The van der Waals surface area contributed by atoms with E-state index in [1.54, 1.807) is 6.08 Å². The number of hydrogen-bond donors (Lipinski definition) is 0. The van der Waals surface area contributed by atoms with Crippen molar-refractivity contribution in [3.05, 3.63) is 17.9 Å². The molecule has 0 N–H and O–H groups in total. The second-order valence-electron chi connectivity index (χ2n) is 3.57. The molecule has 0 saturated carbocycles. The molecule has 0 aliphatic rings. The molecule has 0 aliphatic heterocycles. The van der Waals surface area contributed by atoms with Crippen LogP contribution in [0.4, 0.5) is 0 Å². The first kappa shape index (κ1) is 14.0. The van der Waals surface area contributed by atoms with Crippen LogP contribution in [0.25, 0.3) is 0 Å². The van der Waals surface area contributed by atoms with Gasteiger partial charge in [0.25, 0.3) is 0 Å². The minimum Gasteiger partial charge on any atom is -0.466 e. The fourth-order valence-corrected chi connectivity index (χ4v) is 1.13.